The van der Waals surface area contributed by atoms with Gasteiger partial charge in [0.2, 0.25) is 0 Å². The summed E-state index contributed by atoms with van der Waals surface area (Å²) in [6, 6.07) is 9.67. The number of likely N-dealkylation sites (N-methyl/N-ethyl adjacent to an activating group) is 1. The van der Waals surface area contributed by atoms with Gasteiger partial charge in [-0.3, -0.25) is 0 Å². The van der Waals surface area contributed by atoms with E-state index in [0.717, 1.165) is 24.3 Å². The van der Waals surface area contributed by atoms with Crippen LogP contribution in [0.5, 0.6) is 0 Å². The van der Waals surface area contributed by atoms with Crippen LogP contribution < -0.4 is 0 Å². The van der Waals surface area contributed by atoms with Gasteiger partial charge in [0.05, 0.1) is 10.4 Å². The van der Waals surface area contributed by atoms with Gasteiger partial charge in [-0.15, -0.1) is 0 Å². The molecule has 2 aromatic carbocycles. The number of hydrogen-bond donors (Lipinski definition) is 0. The lowest BCUT2D eigenvalue weighted by Gasteiger charge is -2.23. The maximum atomic E-state index is 14.3. The Kier molecular flexibility index (Phi) is 4.98. The standard InChI is InChI=1S/C21H18F4N2O2S/c1-26-12-10-14(11-13-26)19-17-4-2-3-5-18(17)27(20(19)21(23,24)25)30(28,29)16-8-6-15(22)7-9-16/h2-10H,11-13H2,1H3. The fourth-order valence-corrected chi connectivity index (χ4v) is 5.30. The molecular formula is C21H18F4N2O2S. The topological polar surface area (TPSA) is 42.3 Å². The fourth-order valence-electron chi connectivity index (χ4n) is 3.75. The first kappa shape index (κ1) is 20.6. The second kappa shape index (κ2) is 7.24. The summed E-state index contributed by atoms with van der Waals surface area (Å²) in [7, 11) is -2.77. The van der Waals surface area contributed by atoms with Gasteiger partial charge < -0.3 is 4.90 Å². The lowest BCUT2D eigenvalue weighted by Crippen LogP contribution is -2.25. The minimum Gasteiger partial charge on any atom is -0.302 e. The van der Waals surface area contributed by atoms with Gasteiger partial charge >= 0.3 is 6.18 Å². The number of alkyl halides is 3. The molecule has 0 unspecified atom stereocenters. The zero-order chi connectivity index (χ0) is 21.7. The van der Waals surface area contributed by atoms with Gasteiger partial charge in [-0.2, -0.15) is 13.2 Å². The van der Waals surface area contributed by atoms with Gasteiger partial charge in [0.15, 0.2) is 0 Å². The van der Waals surface area contributed by atoms with Gasteiger partial charge in [-0.05, 0) is 49.4 Å². The number of nitrogens with zero attached hydrogens (tertiary/aromatic N) is 2. The molecule has 0 bridgehead atoms. The summed E-state index contributed by atoms with van der Waals surface area (Å²) in [5.74, 6) is -0.681. The monoisotopic (exact) mass is 438 g/mol. The molecule has 2 heterocycles. The van der Waals surface area contributed by atoms with Crippen molar-refractivity contribution in [2.24, 2.45) is 0 Å². The minimum atomic E-state index is -4.92. The number of fused-ring (bicyclic) bond motifs is 1. The molecule has 3 aromatic rings. The molecule has 1 aliphatic rings. The van der Waals surface area contributed by atoms with Crippen molar-refractivity contribution in [3.05, 3.63) is 71.7 Å². The van der Waals surface area contributed by atoms with E-state index in [-0.39, 0.29) is 16.5 Å². The van der Waals surface area contributed by atoms with Crippen LogP contribution >= 0.6 is 0 Å². The van der Waals surface area contributed by atoms with Crippen LogP contribution in [0.25, 0.3) is 16.5 Å². The first-order valence-electron chi connectivity index (χ1n) is 9.20. The summed E-state index contributed by atoms with van der Waals surface area (Å²) >= 11 is 0. The van der Waals surface area contributed by atoms with Gasteiger partial charge in [0.25, 0.3) is 10.0 Å². The summed E-state index contributed by atoms with van der Waals surface area (Å²) in [6.07, 6.45) is -2.86. The van der Waals surface area contributed by atoms with Crippen molar-refractivity contribution in [1.29, 1.82) is 0 Å². The van der Waals surface area contributed by atoms with E-state index in [1.165, 1.54) is 18.2 Å². The predicted octanol–water partition coefficient (Wildman–Crippen LogP) is 4.76. The van der Waals surface area contributed by atoms with Crippen molar-refractivity contribution in [2.45, 2.75) is 17.5 Å². The summed E-state index contributed by atoms with van der Waals surface area (Å²) in [4.78, 5) is 1.55. The van der Waals surface area contributed by atoms with Crippen LogP contribution in [0.1, 0.15) is 17.7 Å². The van der Waals surface area contributed by atoms with E-state index >= 15 is 0 Å². The predicted molar refractivity (Wildman–Crippen MR) is 106 cm³/mol. The SMILES string of the molecule is CN1CC=C(c2c(C(F)(F)F)n(S(=O)(=O)c3ccc(F)cc3)c3ccccc23)CC1. The molecule has 9 heteroatoms. The van der Waals surface area contributed by atoms with Crippen molar-refractivity contribution < 1.29 is 26.0 Å². The molecule has 0 saturated heterocycles. The van der Waals surface area contributed by atoms with Crippen LogP contribution in [-0.4, -0.2) is 37.4 Å². The number of aromatic nitrogens is 1. The molecule has 0 aliphatic carbocycles. The molecule has 0 radical (unpaired) electrons. The third-order valence-corrected chi connectivity index (χ3v) is 6.91. The zero-order valence-electron chi connectivity index (χ0n) is 15.9. The first-order chi connectivity index (χ1) is 14.1. The highest BCUT2D eigenvalue weighted by molar-refractivity contribution is 7.90. The average Bonchev–Trinajstić information content (AvgIpc) is 3.05. The molecule has 158 valence electrons. The molecule has 0 spiro atoms. The highest BCUT2D eigenvalue weighted by atomic mass is 32.2. The van der Waals surface area contributed by atoms with Crippen molar-refractivity contribution in [1.82, 2.24) is 8.87 Å². The quantitative estimate of drug-likeness (QED) is 0.554. The summed E-state index contributed by atoms with van der Waals surface area (Å²) in [6.45, 7) is 1.03. The van der Waals surface area contributed by atoms with E-state index in [2.05, 4.69) is 0 Å². The number of rotatable bonds is 3. The van der Waals surface area contributed by atoms with Gasteiger partial charge in [-0.1, -0.05) is 24.3 Å². The van der Waals surface area contributed by atoms with Gasteiger partial charge in [-0.25, -0.2) is 16.8 Å². The van der Waals surface area contributed by atoms with E-state index in [1.807, 2.05) is 11.9 Å². The minimum absolute atomic E-state index is 0.0658. The Bertz CT molecular complexity index is 1240. The summed E-state index contributed by atoms with van der Waals surface area (Å²) < 4.78 is 83.1. The molecule has 0 fully saturated rings. The molecule has 0 saturated carbocycles. The van der Waals surface area contributed by atoms with Gasteiger partial charge in [0.1, 0.15) is 11.5 Å². The molecular weight excluding hydrogens is 420 g/mol. The second-order valence-corrected chi connectivity index (χ2v) is 8.99. The molecule has 1 aliphatic heterocycles. The fraction of sp³-hybridized carbons (Fsp3) is 0.238. The van der Waals surface area contributed by atoms with E-state index in [1.54, 1.807) is 12.1 Å². The molecule has 0 atom stereocenters. The van der Waals surface area contributed by atoms with Crippen molar-refractivity contribution in [3.63, 3.8) is 0 Å². The Hall–Kier alpha value is -2.65. The third kappa shape index (κ3) is 3.41. The van der Waals surface area contributed by atoms with Crippen LogP contribution in [-0.2, 0) is 16.2 Å². The maximum absolute atomic E-state index is 14.3. The molecule has 0 N–H and O–H groups in total. The Labute approximate surface area is 171 Å². The van der Waals surface area contributed by atoms with E-state index in [4.69, 9.17) is 0 Å². The lowest BCUT2D eigenvalue weighted by atomic mass is 9.96. The normalized spacial score (nSPS) is 16.1. The van der Waals surface area contributed by atoms with Crippen LogP contribution in [0.4, 0.5) is 17.6 Å². The van der Waals surface area contributed by atoms with Crippen LogP contribution in [0.3, 0.4) is 0 Å². The Morgan fingerprint density at radius 1 is 1.00 bits per heavy atom. The number of hydrogen-bond acceptors (Lipinski definition) is 3. The van der Waals surface area contributed by atoms with Crippen molar-refractivity contribution in [3.8, 4) is 0 Å². The average molecular weight is 438 g/mol. The van der Waals surface area contributed by atoms with Crippen LogP contribution in [0.15, 0.2) is 59.5 Å². The molecule has 30 heavy (non-hydrogen) atoms. The first-order valence-corrected chi connectivity index (χ1v) is 10.6. The maximum Gasteiger partial charge on any atom is 0.433 e. The van der Waals surface area contributed by atoms with Crippen LogP contribution in [0, 0.1) is 5.82 Å². The molecule has 1 aromatic heterocycles. The van der Waals surface area contributed by atoms with E-state index in [0.29, 0.717) is 29.1 Å². The smallest absolute Gasteiger partial charge is 0.302 e. The molecule has 0 amide bonds. The van der Waals surface area contributed by atoms with Crippen molar-refractivity contribution in [2.75, 3.05) is 20.1 Å². The van der Waals surface area contributed by atoms with E-state index < -0.39 is 32.6 Å². The highest BCUT2D eigenvalue weighted by Crippen LogP contribution is 2.44. The Balaban J connectivity index is 2.09. The second-order valence-electron chi connectivity index (χ2n) is 7.20. The number of para-hydroxylation sites is 1. The summed E-state index contributed by atoms with van der Waals surface area (Å²) in [5.41, 5.74) is -0.950. The van der Waals surface area contributed by atoms with Crippen molar-refractivity contribution >= 4 is 26.5 Å². The zero-order valence-corrected chi connectivity index (χ0v) is 16.8. The Morgan fingerprint density at radius 2 is 1.67 bits per heavy atom. The Morgan fingerprint density at radius 3 is 2.27 bits per heavy atom. The molecule has 4 nitrogen and oxygen atoms in total. The molecule has 4 rings (SSSR count). The number of benzene rings is 2. The van der Waals surface area contributed by atoms with Crippen LogP contribution in [0.2, 0.25) is 0 Å². The number of halogens is 4. The largest absolute Gasteiger partial charge is 0.433 e. The van der Waals surface area contributed by atoms with E-state index in [9.17, 15) is 26.0 Å². The third-order valence-electron chi connectivity index (χ3n) is 5.19. The lowest BCUT2D eigenvalue weighted by molar-refractivity contribution is -0.141. The highest BCUT2D eigenvalue weighted by Gasteiger charge is 2.43. The van der Waals surface area contributed by atoms with Gasteiger partial charge in [0, 0.05) is 24.0 Å². The summed E-state index contributed by atoms with van der Waals surface area (Å²) in [5, 5.41) is 0.214.